The lowest BCUT2D eigenvalue weighted by Crippen LogP contribution is -2.39. The van der Waals surface area contributed by atoms with Gasteiger partial charge in [0.25, 0.3) is 5.56 Å². The summed E-state index contributed by atoms with van der Waals surface area (Å²) in [6, 6.07) is 9.13. The smallest absolute Gasteiger partial charge is 0.332 e. The fourth-order valence-electron chi connectivity index (χ4n) is 3.63. The van der Waals surface area contributed by atoms with Crippen molar-refractivity contribution < 1.29 is 4.79 Å². The Labute approximate surface area is 182 Å². The summed E-state index contributed by atoms with van der Waals surface area (Å²) in [4.78, 5) is 44.3. The lowest BCUT2D eigenvalue weighted by molar-refractivity contribution is 0.0998. The second kappa shape index (κ2) is 8.19. The predicted molar refractivity (Wildman–Crippen MR) is 121 cm³/mol. The summed E-state index contributed by atoms with van der Waals surface area (Å²) in [7, 11) is 3.06. The molecule has 1 atom stereocenters. The van der Waals surface area contributed by atoms with Crippen LogP contribution in [0, 0.1) is 0 Å². The highest BCUT2D eigenvalue weighted by molar-refractivity contribution is 8.00. The first-order chi connectivity index (χ1) is 14.4. The van der Waals surface area contributed by atoms with Crippen LogP contribution < -0.4 is 11.2 Å². The number of carbonyl (C=O) groups is 1. The van der Waals surface area contributed by atoms with Gasteiger partial charge in [-0.1, -0.05) is 42.5 Å². The van der Waals surface area contributed by atoms with E-state index in [4.69, 9.17) is 12.2 Å². The molecule has 0 aliphatic carbocycles. The number of imidazole rings is 1. The van der Waals surface area contributed by atoms with Gasteiger partial charge in [0, 0.05) is 32.0 Å². The number of carbonyl (C=O) groups excluding carboxylic acids is 1. The van der Waals surface area contributed by atoms with Gasteiger partial charge in [-0.15, -0.1) is 11.8 Å². The van der Waals surface area contributed by atoms with Crippen LogP contribution in [0.3, 0.4) is 0 Å². The van der Waals surface area contributed by atoms with Crippen LogP contribution in [0.4, 0.5) is 0 Å². The minimum absolute atomic E-state index is 0.00630. The fourth-order valence-corrected chi connectivity index (χ4v) is 5.30. The van der Waals surface area contributed by atoms with Gasteiger partial charge in [-0.2, -0.15) is 0 Å². The van der Waals surface area contributed by atoms with E-state index in [1.165, 1.54) is 11.6 Å². The van der Waals surface area contributed by atoms with Crippen LogP contribution in [0.15, 0.2) is 46.2 Å². The zero-order valence-corrected chi connectivity index (χ0v) is 18.3. The van der Waals surface area contributed by atoms with Gasteiger partial charge < -0.3 is 9.47 Å². The molecule has 4 rings (SSSR count). The number of nitrogens with zero attached hydrogens (tertiary/aromatic N) is 5. The quantitative estimate of drug-likeness (QED) is 0.436. The number of fused-ring (bicyclic) bond motifs is 1. The summed E-state index contributed by atoms with van der Waals surface area (Å²) in [6.45, 7) is 1.23. The minimum Gasteiger partial charge on any atom is -0.351 e. The van der Waals surface area contributed by atoms with Crippen LogP contribution in [0.5, 0.6) is 0 Å². The Morgan fingerprint density at radius 2 is 1.93 bits per heavy atom. The lowest BCUT2D eigenvalue weighted by atomic mass is 10.1. The van der Waals surface area contributed by atoms with E-state index in [0.29, 0.717) is 28.3 Å². The predicted octanol–water partition coefficient (Wildman–Crippen LogP) is 1.41. The molecule has 0 radical (unpaired) electrons. The van der Waals surface area contributed by atoms with E-state index in [2.05, 4.69) is 9.88 Å². The molecule has 1 unspecified atom stereocenters. The molecule has 1 aliphatic heterocycles. The number of thioether (sulfide) groups is 1. The number of rotatable bonds is 5. The van der Waals surface area contributed by atoms with E-state index in [0.717, 1.165) is 16.9 Å². The average Bonchev–Trinajstić information content (AvgIpc) is 3.39. The van der Waals surface area contributed by atoms with Gasteiger partial charge in [0.05, 0.1) is 29.7 Å². The van der Waals surface area contributed by atoms with Gasteiger partial charge in [0.15, 0.2) is 16.9 Å². The summed E-state index contributed by atoms with van der Waals surface area (Å²) in [5, 5.41) is -0.0135. The van der Waals surface area contributed by atoms with Gasteiger partial charge in [-0.05, 0) is 0 Å². The van der Waals surface area contributed by atoms with Crippen LogP contribution in [0.25, 0.3) is 11.2 Å². The molecule has 1 saturated heterocycles. The van der Waals surface area contributed by atoms with Gasteiger partial charge >= 0.3 is 5.69 Å². The van der Waals surface area contributed by atoms with Crippen molar-refractivity contribution in [3.63, 3.8) is 0 Å². The Balaban J connectivity index is 1.56. The Hall–Kier alpha value is -2.72. The highest BCUT2D eigenvalue weighted by Crippen LogP contribution is 2.27. The van der Waals surface area contributed by atoms with Crippen molar-refractivity contribution in [1.82, 2.24) is 23.6 Å². The van der Waals surface area contributed by atoms with E-state index in [9.17, 15) is 14.4 Å². The van der Waals surface area contributed by atoms with Crippen LogP contribution in [0.1, 0.15) is 16.8 Å². The highest BCUT2D eigenvalue weighted by Gasteiger charge is 2.29. The van der Waals surface area contributed by atoms with Crippen molar-refractivity contribution in [2.75, 3.05) is 12.3 Å². The maximum atomic E-state index is 12.7. The molecule has 1 aliphatic rings. The first-order valence-corrected chi connectivity index (χ1v) is 10.9. The molecule has 0 saturated carbocycles. The van der Waals surface area contributed by atoms with E-state index >= 15 is 0 Å². The maximum absolute atomic E-state index is 12.7. The molecule has 30 heavy (non-hydrogen) atoms. The molecule has 10 heteroatoms. The molecule has 156 valence electrons. The normalized spacial score (nSPS) is 16.3. The van der Waals surface area contributed by atoms with Crippen LogP contribution in [-0.2, 0) is 20.6 Å². The molecule has 0 bridgehead atoms. The number of hydrogen-bond donors (Lipinski definition) is 0. The van der Waals surface area contributed by atoms with Gasteiger partial charge in [0.2, 0.25) is 0 Å². The summed E-state index contributed by atoms with van der Waals surface area (Å²) >= 11 is 7.33. The zero-order chi connectivity index (χ0) is 21.4. The van der Waals surface area contributed by atoms with Gasteiger partial charge in [0.1, 0.15) is 0 Å². The summed E-state index contributed by atoms with van der Waals surface area (Å²) < 4.78 is 4.23. The highest BCUT2D eigenvalue weighted by atomic mass is 32.2. The molecule has 2 aromatic heterocycles. The number of hydrogen-bond acceptors (Lipinski definition) is 6. The third kappa shape index (κ3) is 3.61. The van der Waals surface area contributed by atoms with Crippen molar-refractivity contribution in [1.29, 1.82) is 0 Å². The van der Waals surface area contributed by atoms with E-state index < -0.39 is 5.69 Å². The topological polar surface area (TPSA) is 82.1 Å². The third-order valence-electron chi connectivity index (χ3n) is 5.29. The van der Waals surface area contributed by atoms with E-state index in [1.807, 2.05) is 18.2 Å². The van der Waals surface area contributed by atoms with Crippen molar-refractivity contribution in [2.45, 2.75) is 18.3 Å². The Morgan fingerprint density at radius 1 is 1.20 bits per heavy atom. The maximum Gasteiger partial charge on any atom is 0.332 e. The number of thiocarbonyl (C=S) groups is 1. The first-order valence-electron chi connectivity index (χ1n) is 9.48. The lowest BCUT2D eigenvalue weighted by Gasteiger charge is -2.26. The van der Waals surface area contributed by atoms with Crippen molar-refractivity contribution in [3.05, 3.63) is 63.1 Å². The standard InChI is InChI=1S/C20H21N5O3S2/c1-22-18-17(19(27)23(2)20(22)28)24(12-21-18)11-16-25(8-9-30-16)15(29)10-14(26)13-6-4-3-5-7-13/h3-7,12,16H,8-11H2,1-2H3. The molecule has 1 fully saturated rings. The number of benzene rings is 1. The molecule has 1 aromatic carbocycles. The molecule has 0 N–H and O–H groups in total. The van der Waals surface area contributed by atoms with Crippen molar-refractivity contribution in [2.24, 2.45) is 14.1 Å². The van der Waals surface area contributed by atoms with Crippen molar-refractivity contribution >= 4 is 45.9 Å². The van der Waals surface area contributed by atoms with Crippen LogP contribution in [0.2, 0.25) is 0 Å². The zero-order valence-electron chi connectivity index (χ0n) is 16.6. The molecule has 8 nitrogen and oxygen atoms in total. The largest absolute Gasteiger partial charge is 0.351 e. The number of aromatic nitrogens is 4. The third-order valence-corrected chi connectivity index (χ3v) is 6.87. The monoisotopic (exact) mass is 443 g/mol. The number of ketones is 1. The molecular weight excluding hydrogens is 422 g/mol. The molecule has 3 aromatic rings. The van der Waals surface area contributed by atoms with Crippen LogP contribution in [-0.4, -0.2) is 52.0 Å². The summed E-state index contributed by atoms with van der Waals surface area (Å²) in [6.07, 6.45) is 1.76. The first kappa shape index (κ1) is 20.5. The van der Waals surface area contributed by atoms with Crippen molar-refractivity contribution in [3.8, 4) is 0 Å². The second-order valence-electron chi connectivity index (χ2n) is 7.15. The second-order valence-corrected chi connectivity index (χ2v) is 8.91. The van der Waals surface area contributed by atoms with E-state index in [-0.39, 0.29) is 23.1 Å². The molecule has 0 spiro atoms. The molecule has 3 heterocycles. The Kier molecular flexibility index (Phi) is 5.61. The fraction of sp³-hybridized carbons (Fsp3) is 0.350. The Morgan fingerprint density at radius 3 is 2.67 bits per heavy atom. The average molecular weight is 444 g/mol. The van der Waals surface area contributed by atoms with Crippen LogP contribution >= 0.6 is 24.0 Å². The summed E-state index contributed by atoms with van der Waals surface area (Å²) in [5.41, 5.74) is 0.614. The van der Waals surface area contributed by atoms with E-state index in [1.54, 1.807) is 41.8 Å². The van der Waals surface area contributed by atoms with Gasteiger partial charge in [-0.3, -0.25) is 18.7 Å². The Bertz CT molecular complexity index is 1250. The van der Waals surface area contributed by atoms with Gasteiger partial charge in [-0.25, -0.2) is 9.78 Å². The molecular formula is C20H21N5O3S2. The number of aryl methyl sites for hydroxylation is 1. The minimum atomic E-state index is -0.407. The number of Topliss-reactive ketones (excluding diaryl/α,β-unsaturated/α-hetero) is 1. The SMILES string of the molecule is Cn1c(=O)c2c(ncn2CC2SCCN2C(=S)CC(=O)c2ccccc2)n(C)c1=O. The summed E-state index contributed by atoms with van der Waals surface area (Å²) in [5.74, 6) is 0.876. The molecule has 0 amide bonds.